The predicted molar refractivity (Wildman–Crippen MR) is 124 cm³/mol. The minimum Gasteiger partial charge on any atom is -0.507 e. The average molecular weight is 435 g/mol. The van der Waals surface area contributed by atoms with Crippen LogP contribution in [-0.2, 0) is 5.41 Å². The third-order valence-corrected chi connectivity index (χ3v) is 5.88. The van der Waals surface area contributed by atoms with E-state index in [0.717, 1.165) is 28.1 Å². The Morgan fingerprint density at radius 2 is 1.90 bits per heavy atom. The average Bonchev–Trinajstić information content (AvgIpc) is 3.02. The number of nitrogens with one attached hydrogen (secondary N) is 1. The van der Waals surface area contributed by atoms with Gasteiger partial charge in [0.1, 0.15) is 22.9 Å². The van der Waals surface area contributed by atoms with Gasteiger partial charge in [0.25, 0.3) is 0 Å². The van der Waals surface area contributed by atoms with Crippen molar-refractivity contribution in [1.82, 2.24) is 10.2 Å². The van der Waals surface area contributed by atoms with E-state index in [0.29, 0.717) is 11.3 Å². The van der Waals surface area contributed by atoms with Gasteiger partial charge in [-0.3, -0.25) is 5.10 Å². The van der Waals surface area contributed by atoms with Crippen molar-refractivity contribution in [3.8, 4) is 28.5 Å². The first-order chi connectivity index (χ1) is 14.8. The Hall–Kier alpha value is -3.44. The summed E-state index contributed by atoms with van der Waals surface area (Å²) in [4.78, 5) is 0. The first-order valence-electron chi connectivity index (χ1n) is 9.83. The Bertz CT molecular complexity index is 1240. The lowest BCUT2D eigenvalue weighted by atomic mass is 9.82. The standard InChI is InChI=1S/C25H23ClN2O3/c1-15-23(24(28-27-15)19-13-20(26)22(30)14-21(19)29)16-6-5-10-25(2,11-9-16)17-7-4-8-18(12-17)31-3/h4-14,29-30H,1-3H3,(H,27,28). The number of aryl methyl sites for hydroxylation is 1. The fourth-order valence-electron chi connectivity index (χ4n) is 3.76. The lowest BCUT2D eigenvalue weighted by Crippen LogP contribution is -2.15. The number of hydrogen-bond acceptors (Lipinski definition) is 4. The number of aromatic nitrogens is 2. The fraction of sp³-hybridized carbons (Fsp3) is 0.160. The number of methoxy groups -OCH3 is 1. The molecule has 0 saturated carbocycles. The molecule has 3 N–H and O–H groups in total. The zero-order valence-electron chi connectivity index (χ0n) is 17.5. The minimum absolute atomic E-state index is 0.0930. The highest BCUT2D eigenvalue weighted by molar-refractivity contribution is 6.32. The molecule has 1 unspecified atom stereocenters. The number of allylic oxidation sites excluding steroid dienone is 6. The second-order valence-electron chi connectivity index (χ2n) is 7.72. The number of nitrogens with zero attached hydrogens (tertiary/aromatic N) is 1. The Kier molecular flexibility index (Phi) is 5.38. The number of rotatable bonds is 4. The molecule has 1 aliphatic rings. The third-order valence-electron chi connectivity index (χ3n) is 5.58. The zero-order chi connectivity index (χ0) is 22.2. The smallest absolute Gasteiger partial charge is 0.137 e. The molecule has 6 heteroatoms. The molecule has 5 nitrogen and oxygen atoms in total. The summed E-state index contributed by atoms with van der Waals surface area (Å²) in [7, 11) is 1.66. The van der Waals surface area contributed by atoms with Crippen molar-refractivity contribution < 1.29 is 14.9 Å². The number of ether oxygens (including phenoxy) is 1. The first kappa shape index (κ1) is 20.8. The van der Waals surface area contributed by atoms with Crippen LogP contribution in [0.2, 0.25) is 5.02 Å². The summed E-state index contributed by atoms with van der Waals surface area (Å²) in [6.45, 7) is 4.07. The van der Waals surface area contributed by atoms with Gasteiger partial charge < -0.3 is 14.9 Å². The highest BCUT2D eigenvalue weighted by Gasteiger charge is 2.24. The Balaban J connectivity index is 1.77. The minimum atomic E-state index is -0.325. The number of aromatic hydroxyl groups is 2. The molecule has 158 valence electrons. The van der Waals surface area contributed by atoms with Crippen LogP contribution in [0.3, 0.4) is 0 Å². The first-order valence-corrected chi connectivity index (χ1v) is 10.2. The molecule has 0 fully saturated rings. The molecule has 4 rings (SSSR count). The summed E-state index contributed by atoms with van der Waals surface area (Å²) in [5.41, 5.74) is 4.44. The van der Waals surface area contributed by atoms with E-state index in [9.17, 15) is 10.2 Å². The largest absolute Gasteiger partial charge is 0.507 e. The van der Waals surface area contributed by atoms with Crippen LogP contribution in [-0.4, -0.2) is 27.5 Å². The van der Waals surface area contributed by atoms with Gasteiger partial charge in [-0.05, 0) is 43.2 Å². The molecular formula is C25H23ClN2O3. The highest BCUT2D eigenvalue weighted by Crippen LogP contribution is 2.41. The molecule has 1 atom stereocenters. The topological polar surface area (TPSA) is 78.4 Å². The van der Waals surface area contributed by atoms with Crippen LogP contribution in [0.25, 0.3) is 16.8 Å². The molecule has 0 spiro atoms. The van der Waals surface area contributed by atoms with Crippen molar-refractivity contribution in [3.63, 3.8) is 0 Å². The van der Waals surface area contributed by atoms with Crippen LogP contribution in [0.1, 0.15) is 23.7 Å². The summed E-state index contributed by atoms with van der Waals surface area (Å²) < 4.78 is 5.39. The van der Waals surface area contributed by atoms with E-state index in [2.05, 4.69) is 41.4 Å². The Morgan fingerprint density at radius 1 is 1.10 bits per heavy atom. The van der Waals surface area contributed by atoms with Crippen molar-refractivity contribution in [2.45, 2.75) is 19.3 Å². The van der Waals surface area contributed by atoms with Crippen molar-refractivity contribution in [2.75, 3.05) is 7.11 Å². The monoisotopic (exact) mass is 434 g/mol. The molecule has 0 amide bonds. The summed E-state index contributed by atoms with van der Waals surface area (Å²) >= 11 is 6.09. The second-order valence-corrected chi connectivity index (χ2v) is 8.13. The molecule has 3 aromatic rings. The van der Waals surface area contributed by atoms with Crippen molar-refractivity contribution in [2.24, 2.45) is 0 Å². The number of benzene rings is 2. The summed E-state index contributed by atoms with van der Waals surface area (Å²) in [5, 5.41) is 27.7. The lowest BCUT2D eigenvalue weighted by molar-refractivity contribution is 0.413. The van der Waals surface area contributed by atoms with Gasteiger partial charge in [0, 0.05) is 28.3 Å². The van der Waals surface area contributed by atoms with E-state index >= 15 is 0 Å². The van der Waals surface area contributed by atoms with Crippen molar-refractivity contribution >= 4 is 17.2 Å². The molecule has 1 heterocycles. The van der Waals surface area contributed by atoms with E-state index in [-0.39, 0.29) is 21.9 Å². The number of halogens is 1. The number of phenols is 2. The third kappa shape index (κ3) is 3.84. The van der Waals surface area contributed by atoms with Gasteiger partial charge in [0.15, 0.2) is 0 Å². The molecule has 0 saturated heterocycles. The maximum absolute atomic E-state index is 10.4. The zero-order valence-corrected chi connectivity index (χ0v) is 18.2. The van der Waals surface area contributed by atoms with Crippen LogP contribution in [0, 0.1) is 6.92 Å². The maximum atomic E-state index is 10.4. The van der Waals surface area contributed by atoms with Crippen LogP contribution in [0.15, 0.2) is 66.8 Å². The van der Waals surface area contributed by atoms with Crippen LogP contribution in [0.5, 0.6) is 17.2 Å². The van der Waals surface area contributed by atoms with Gasteiger partial charge in [0.2, 0.25) is 0 Å². The SMILES string of the molecule is COc1cccc(C2(C)C=CC=C(c3c(-c4cc(Cl)c(O)cc4O)n[nH]c3C)C=C2)c1. The van der Waals surface area contributed by atoms with Gasteiger partial charge in [-0.15, -0.1) is 0 Å². The van der Waals surface area contributed by atoms with Gasteiger partial charge in [-0.25, -0.2) is 0 Å². The van der Waals surface area contributed by atoms with Gasteiger partial charge in [-0.1, -0.05) is 54.1 Å². The summed E-state index contributed by atoms with van der Waals surface area (Å²) in [6.07, 6.45) is 10.4. The maximum Gasteiger partial charge on any atom is 0.137 e. The molecule has 2 aromatic carbocycles. The van der Waals surface area contributed by atoms with Crippen molar-refractivity contribution in [1.29, 1.82) is 0 Å². The van der Waals surface area contributed by atoms with Gasteiger partial charge in [0.05, 0.1) is 12.1 Å². The van der Waals surface area contributed by atoms with E-state index in [1.807, 2.05) is 37.3 Å². The number of aromatic amines is 1. The molecule has 0 bridgehead atoms. The van der Waals surface area contributed by atoms with Gasteiger partial charge in [-0.2, -0.15) is 5.10 Å². The van der Waals surface area contributed by atoms with Crippen LogP contribution >= 0.6 is 11.6 Å². The van der Waals surface area contributed by atoms with E-state index < -0.39 is 0 Å². The normalized spacial score (nSPS) is 18.0. The molecule has 0 aliphatic heterocycles. The fourth-order valence-corrected chi connectivity index (χ4v) is 3.92. The van der Waals surface area contributed by atoms with Gasteiger partial charge >= 0.3 is 0 Å². The van der Waals surface area contributed by atoms with E-state index in [4.69, 9.17) is 16.3 Å². The number of hydrogen-bond donors (Lipinski definition) is 3. The number of H-pyrrole nitrogens is 1. The predicted octanol–water partition coefficient (Wildman–Crippen LogP) is 5.93. The number of phenolic OH excluding ortho intramolecular Hbond substituents is 2. The Morgan fingerprint density at radius 3 is 2.68 bits per heavy atom. The quantitative estimate of drug-likeness (QED) is 0.475. The molecule has 0 radical (unpaired) electrons. The lowest BCUT2D eigenvalue weighted by Gasteiger charge is -2.22. The highest BCUT2D eigenvalue weighted by atomic mass is 35.5. The molecular weight excluding hydrogens is 412 g/mol. The van der Waals surface area contributed by atoms with Crippen molar-refractivity contribution in [3.05, 3.63) is 88.6 Å². The summed E-state index contributed by atoms with van der Waals surface area (Å²) in [6, 6.07) is 10.8. The summed E-state index contributed by atoms with van der Waals surface area (Å²) in [5.74, 6) is 0.539. The molecule has 31 heavy (non-hydrogen) atoms. The second kappa shape index (κ2) is 8.00. The van der Waals surface area contributed by atoms with Crippen LogP contribution < -0.4 is 4.74 Å². The molecule has 1 aromatic heterocycles. The van der Waals surface area contributed by atoms with E-state index in [1.165, 1.54) is 12.1 Å². The van der Waals surface area contributed by atoms with Crippen LogP contribution in [0.4, 0.5) is 0 Å². The Labute approximate surface area is 186 Å². The van der Waals surface area contributed by atoms with E-state index in [1.54, 1.807) is 7.11 Å². The molecule has 1 aliphatic carbocycles.